The van der Waals surface area contributed by atoms with E-state index in [-0.39, 0.29) is 22.9 Å². The van der Waals surface area contributed by atoms with Gasteiger partial charge in [-0.1, -0.05) is 24.3 Å². The van der Waals surface area contributed by atoms with Crippen molar-refractivity contribution in [3.8, 4) is 23.0 Å². The number of para-hydroxylation sites is 2. The Kier molecular flexibility index (Phi) is 4.75. The normalized spacial score (nSPS) is 10.2. The average Bonchev–Trinajstić information content (AvgIpc) is 2.64. The summed E-state index contributed by atoms with van der Waals surface area (Å²) in [5.41, 5.74) is -0.195. The summed E-state index contributed by atoms with van der Waals surface area (Å²) in [4.78, 5) is 20.7. The van der Waals surface area contributed by atoms with Crippen LogP contribution in [0.3, 0.4) is 0 Å². The van der Waals surface area contributed by atoms with Crippen molar-refractivity contribution in [3.63, 3.8) is 0 Å². The van der Waals surface area contributed by atoms with Gasteiger partial charge in [0.15, 0.2) is 11.5 Å². The number of nitro groups is 2. The lowest BCUT2D eigenvalue weighted by Gasteiger charge is -2.12. The van der Waals surface area contributed by atoms with Crippen molar-refractivity contribution in [2.24, 2.45) is 0 Å². The number of ether oxygens (including phenoxy) is 2. The maximum absolute atomic E-state index is 10.9. The highest BCUT2D eigenvalue weighted by molar-refractivity contribution is 5.48. The molecule has 26 heavy (non-hydrogen) atoms. The maximum atomic E-state index is 10.9. The van der Waals surface area contributed by atoms with Crippen LogP contribution in [-0.4, -0.2) is 9.85 Å². The van der Waals surface area contributed by atoms with Crippen molar-refractivity contribution in [2.45, 2.75) is 0 Å². The summed E-state index contributed by atoms with van der Waals surface area (Å²) in [5, 5.41) is 21.7. The minimum Gasteiger partial charge on any atom is -0.453 e. The van der Waals surface area contributed by atoms with Gasteiger partial charge < -0.3 is 9.47 Å². The van der Waals surface area contributed by atoms with Crippen molar-refractivity contribution in [1.29, 1.82) is 0 Å². The first-order valence-corrected chi connectivity index (χ1v) is 7.46. The third-order valence-corrected chi connectivity index (χ3v) is 3.36. The molecule has 3 rings (SSSR count). The number of benzene rings is 3. The van der Waals surface area contributed by atoms with Gasteiger partial charge in [0.25, 0.3) is 11.4 Å². The van der Waals surface area contributed by atoms with E-state index in [4.69, 9.17) is 9.47 Å². The molecule has 0 saturated carbocycles. The molecule has 3 aromatic rings. The fraction of sp³-hybridized carbons (Fsp3) is 0. The highest BCUT2D eigenvalue weighted by Crippen LogP contribution is 2.36. The van der Waals surface area contributed by atoms with E-state index in [0.717, 1.165) is 0 Å². The molecule has 0 spiro atoms. The molecule has 8 nitrogen and oxygen atoms in total. The van der Waals surface area contributed by atoms with Crippen LogP contribution >= 0.6 is 0 Å². The van der Waals surface area contributed by atoms with E-state index < -0.39 is 9.85 Å². The number of non-ortho nitro benzene ring substituents is 2. The van der Waals surface area contributed by atoms with E-state index in [0.29, 0.717) is 11.5 Å². The van der Waals surface area contributed by atoms with Crippen molar-refractivity contribution in [3.05, 3.63) is 93.0 Å². The van der Waals surface area contributed by atoms with Gasteiger partial charge >= 0.3 is 0 Å². The Bertz CT molecular complexity index is 895. The van der Waals surface area contributed by atoms with Crippen molar-refractivity contribution < 1.29 is 19.3 Å². The Morgan fingerprint density at radius 2 is 1.04 bits per heavy atom. The SMILES string of the molecule is O=[N+]([O-])c1cccc(Oc2ccccc2Oc2cccc([N+](=O)[O-])c2)c1. The zero-order valence-electron chi connectivity index (χ0n) is 13.3. The predicted octanol–water partition coefficient (Wildman–Crippen LogP) is 5.09. The summed E-state index contributed by atoms with van der Waals surface area (Å²) in [6.07, 6.45) is 0. The molecule has 8 heteroatoms. The molecule has 0 heterocycles. The van der Waals surface area contributed by atoms with Crippen molar-refractivity contribution in [2.75, 3.05) is 0 Å². The number of nitro benzene ring substituents is 2. The van der Waals surface area contributed by atoms with Gasteiger partial charge in [0, 0.05) is 12.1 Å². The van der Waals surface area contributed by atoms with Gasteiger partial charge in [-0.3, -0.25) is 20.2 Å². The van der Waals surface area contributed by atoms with E-state index in [9.17, 15) is 20.2 Å². The molecule has 0 aromatic heterocycles. The second kappa shape index (κ2) is 7.31. The molecule has 0 atom stereocenters. The van der Waals surface area contributed by atoms with Crippen LogP contribution in [-0.2, 0) is 0 Å². The van der Waals surface area contributed by atoms with Crippen LogP contribution in [0.15, 0.2) is 72.8 Å². The zero-order valence-corrected chi connectivity index (χ0v) is 13.3. The fourth-order valence-electron chi connectivity index (χ4n) is 2.19. The summed E-state index contributed by atoms with van der Waals surface area (Å²) in [7, 11) is 0. The highest BCUT2D eigenvalue weighted by atomic mass is 16.6. The maximum Gasteiger partial charge on any atom is 0.273 e. The largest absolute Gasteiger partial charge is 0.453 e. The summed E-state index contributed by atoms with van der Waals surface area (Å²) < 4.78 is 11.4. The Hall–Kier alpha value is -3.94. The minimum atomic E-state index is -0.516. The third-order valence-electron chi connectivity index (χ3n) is 3.36. The summed E-state index contributed by atoms with van der Waals surface area (Å²) in [5.74, 6) is 1.18. The van der Waals surface area contributed by atoms with Crippen LogP contribution in [0, 0.1) is 20.2 Å². The molecule has 3 aromatic carbocycles. The Morgan fingerprint density at radius 3 is 1.42 bits per heavy atom. The van der Waals surface area contributed by atoms with Gasteiger partial charge in [-0.15, -0.1) is 0 Å². The monoisotopic (exact) mass is 352 g/mol. The summed E-state index contributed by atoms with van der Waals surface area (Å²) in [6, 6.07) is 18.2. The quantitative estimate of drug-likeness (QED) is 0.452. The molecule has 0 aliphatic rings. The highest BCUT2D eigenvalue weighted by Gasteiger charge is 2.12. The topological polar surface area (TPSA) is 105 Å². The van der Waals surface area contributed by atoms with Crippen LogP contribution in [0.25, 0.3) is 0 Å². The van der Waals surface area contributed by atoms with E-state index >= 15 is 0 Å². The van der Waals surface area contributed by atoms with Crippen LogP contribution in [0.5, 0.6) is 23.0 Å². The van der Waals surface area contributed by atoms with E-state index in [1.165, 1.54) is 36.4 Å². The van der Waals surface area contributed by atoms with E-state index in [1.54, 1.807) is 36.4 Å². The predicted molar refractivity (Wildman–Crippen MR) is 92.8 cm³/mol. The van der Waals surface area contributed by atoms with Crippen molar-refractivity contribution in [1.82, 2.24) is 0 Å². The van der Waals surface area contributed by atoms with Gasteiger partial charge in [0.2, 0.25) is 0 Å². The van der Waals surface area contributed by atoms with E-state index in [1.807, 2.05) is 0 Å². The first-order valence-electron chi connectivity index (χ1n) is 7.46. The molecule has 0 saturated heterocycles. The van der Waals surface area contributed by atoms with Crippen LogP contribution in [0.2, 0.25) is 0 Å². The second-order valence-electron chi connectivity index (χ2n) is 5.16. The molecule has 0 aliphatic carbocycles. The van der Waals surface area contributed by atoms with Gasteiger partial charge in [0.05, 0.1) is 22.0 Å². The van der Waals surface area contributed by atoms with Gasteiger partial charge in [0.1, 0.15) is 11.5 Å². The molecular formula is C18H12N2O6. The average molecular weight is 352 g/mol. The van der Waals surface area contributed by atoms with Gasteiger partial charge in [-0.2, -0.15) is 0 Å². The van der Waals surface area contributed by atoms with Gasteiger partial charge in [-0.25, -0.2) is 0 Å². The molecule has 0 radical (unpaired) electrons. The Labute approximate surface area is 147 Å². The number of rotatable bonds is 6. The number of nitrogens with zero attached hydrogens (tertiary/aromatic N) is 2. The summed E-state index contributed by atoms with van der Waals surface area (Å²) in [6.45, 7) is 0. The molecule has 0 aliphatic heterocycles. The Balaban J connectivity index is 1.87. The van der Waals surface area contributed by atoms with Crippen LogP contribution < -0.4 is 9.47 Å². The molecule has 0 N–H and O–H groups in total. The zero-order chi connectivity index (χ0) is 18.5. The lowest BCUT2D eigenvalue weighted by atomic mass is 10.3. The minimum absolute atomic E-state index is 0.0976. The van der Waals surface area contributed by atoms with Crippen molar-refractivity contribution >= 4 is 11.4 Å². The van der Waals surface area contributed by atoms with Crippen LogP contribution in [0.4, 0.5) is 11.4 Å². The standard InChI is InChI=1S/C18H12N2O6/c21-19(22)13-5-3-7-15(11-13)25-17-9-1-2-10-18(17)26-16-8-4-6-14(12-16)20(23)24/h1-12H. The second-order valence-corrected chi connectivity index (χ2v) is 5.16. The molecule has 0 unspecified atom stereocenters. The lowest BCUT2D eigenvalue weighted by molar-refractivity contribution is -0.385. The Morgan fingerprint density at radius 1 is 0.615 bits per heavy atom. The number of hydrogen-bond acceptors (Lipinski definition) is 6. The van der Waals surface area contributed by atoms with E-state index in [2.05, 4.69) is 0 Å². The first-order chi connectivity index (χ1) is 12.5. The van der Waals surface area contributed by atoms with Gasteiger partial charge in [-0.05, 0) is 24.3 Å². The molecule has 0 bridgehead atoms. The molecule has 0 amide bonds. The molecular weight excluding hydrogens is 340 g/mol. The smallest absolute Gasteiger partial charge is 0.273 e. The third kappa shape index (κ3) is 3.93. The summed E-state index contributed by atoms with van der Waals surface area (Å²) >= 11 is 0. The molecule has 0 fully saturated rings. The fourth-order valence-corrected chi connectivity index (χ4v) is 2.19. The first kappa shape index (κ1) is 16.9. The molecule has 130 valence electrons. The van der Waals surface area contributed by atoms with Crippen LogP contribution in [0.1, 0.15) is 0 Å². The lowest BCUT2D eigenvalue weighted by Crippen LogP contribution is -1.93. The number of hydrogen-bond donors (Lipinski definition) is 0.